The van der Waals surface area contributed by atoms with Gasteiger partial charge in [0.1, 0.15) is 18.1 Å². The van der Waals surface area contributed by atoms with Crippen molar-refractivity contribution in [3.8, 4) is 0 Å². The average Bonchev–Trinajstić information content (AvgIpc) is 2.54. The smallest absolute Gasteiger partial charge is 0.321 e. The number of nitrogens with two attached hydrogens (primary N) is 4. The summed E-state index contributed by atoms with van der Waals surface area (Å²) in [7, 11) is 0. The number of hydrogen-bond donors (Lipinski definition) is 9. The van der Waals surface area contributed by atoms with Crippen LogP contribution in [0.2, 0.25) is 0 Å². The van der Waals surface area contributed by atoms with Crippen molar-refractivity contribution < 1.29 is 39.6 Å². The molecule has 0 aliphatic heterocycles. The van der Waals surface area contributed by atoms with Crippen molar-refractivity contribution in [3.05, 3.63) is 0 Å². The Kier molecular flexibility index (Phi) is 23.7. The molecule has 0 radical (unpaired) electrons. The molecule has 0 rings (SSSR count). The van der Waals surface area contributed by atoms with E-state index >= 15 is 0 Å². The summed E-state index contributed by atoms with van der Waals surface area (Å²) in [5.74, 6) is -3.66. The van der Waals surface area contributed by atoms with Crippen LogP contribution >= 0.6 is 12.6 Å². The highest BCUT2D eigenvalue weighted by atomic mass is 32.1. The SMILES string of the molecule is CC(C)[C@H](N)C(=O)O.C[C@H](N)C(=O)O.NCC(=O)O.N[C@@H](CS)C(=O)O. The number of thiol groups is 1. The van der Waals surface area contributed by atoms with Gasteiger partial charge in [-0.1, -0.05) is 13.8 Å². The molecular formula is C13H30N4O8S. The number of hydrogen-bond acceptors (Lipinski definition) is 9. The summed E-state index contributed by atoms with van der Waals surface area (Å²) in [4.78, 5) is 38.6. The van der Waals surface area contributed by atoms with Crippen molar-refractivity contribution in [1.82, 2.24) is 0 Å². The molecule has 26 heavy (non-hydrogen) atoms. The van der Waals surface area contributed by atoms with Gasteiger partial charge in [-0.2, -0.15) is 12.6 Å². The van der Waals surface area contributed by atoms with E-state index in [9.17, 15) is 19.2 Å². The summed E-state index contributed by atoms with van der Waals surface area (Å²) in [6, 6.07) is -2.26. The van der Waals surface area contributed by atoms with Gasteiger partial charge in [0.2, 0.25) is 0 Å². The molecule has 0 amide bonds. The molecule has 0 fully saturated rings. The molecular weight excluding hydrogens is 372 g/mol. The average molecular weight is 402 g/mol. The summed E-state index contributed by atoms with van der Waals surface area (Å²) in [6.45, 7) is 4.69. The van der Waals surface area contributed by atoms with Gasteiger partial charge in [-0.05, 0) is 12.8 Å². The van der Waals surface area contributed by atoms with Crippen molar-refractivity contribution in [2.75, 3.05) is 12.3 Å². The quantitative estimate of drug-likeness (QED) is 0.215. The first-order valence-electron chi connectivity index (χ1n) is 7.13. The Morgan fingerprint density at radius 2 is 1.15 bits per heavy atom. The van der Waals surface area contributed by atoms with Gasteiger partial charge in [-0.15, -0.1) is 0 Å². The van der Waals surface area contributed by atoms with Crippen molar-refractivity contribution >= 4 is 36.5 Å². The summed E-state index contributed by atoms with van der Waals surface area (Å²) in [6.07, 6.45) is 0. The first-order valence-corrected chi connectivity index (χ1v) is 7.76. The molecule has 13 heteroatoms. The van der Waals surface area contributed by atoms with E-state index < -0.39 is 42.0 Å². The minimum atomic E-state index is -1.00. The Morgan fingerprint density at radius 3 is 1.15 bits per heavy atom. The van der Waals surface area contributed by atoms with Crippen molar-refractivity contribution in [1.29, 1.82) is 0 Å². The van der Waals surface area contributed by atoms with Gasteiger partial charge in [-0.3, -0.25) is 19.2 Å². The van der Waals surface area contributed by atoms with Crippen LogP contribution in [0, 0.1) is 5.92 Å². The molecule has 0 aliphatic rings. The van der Waals surface area contributed by atoms with Crippen LogP contribution in [-0.2, 0) is 19.2 Å². The number of aliphatic carboxylic acids is 4. The van der Waals surface area contributed by atoms with E-state index in [4.69, 9.17) is 37.6 Å². The Labute approximate surface area is 156 Å². The monoisotopic (exact) mass is 402 g/mol. The molecule has 0 spiro atoms. The Morgan fingerprint density at radius 1 is 0.846 bits per heavy atom. The molecule has 0 aromatic rings. The molecule has 0 bridgehead atoms. The lowest BCUT2D eigenvalue weighted by Crippen LogP contribution is -2.34. The predicted octanol–water partition coefficient (Wildman–Crippen LogP) is -2.17. The standard InChI is InChI=1S/C5H11NO2.C3H7NO2S.C3H7NO2.C2H5NO2/c1-3(2)4(6)5(7)8;4-2(1-7)3(5)6;1-2(4)3(5)6;3-1-2(4)5/h3-4H,6H2,1-2H3,(H,7,8);2,7H,1,4H2,(H,5,6);2H,4H2,1H3,(H,5,6);1,3H2,(H,4,5)/t4-;2*2-;/m000./s1. The third kappa shape index (κ3) is 30.0. The second kappa shape index (κ2) is 19.4. The number of carboxylic acid groups (broad SMARTS) is 4. The van der Waals surface area contributed by atoms with Crippen LogP contribution in [0.1, 0.15) is 20.8 Å². The minimum Gasteiger partial charge on any atom is -0.480 e. The summed E-state index contributed by atoms with van der Waals surface area (Å²) < 4.78 is 0. The highest BCUT2D eigenvalue weighted by molar-refractivity contribution is 7.80. The van der Waals surface area contributed by atoms with E-state index in [1.165, 1.54) is 6.92 Å². The predicted molar refractivity (Wildman–Crippen MR) is 97.9 cm³/mol. The molecule has 156 valence electrons. The van der Waals surface area contributed by atoms with E-state index in [2.05, 4.69) is 18.4 Å². The molecule has 0 saturated heterocycles. The largest absolute Gasteiger partial charge is 0.480 e. The summed E-state index contributed by atoms with van der Waals surface area (Å²) >= 11 is 3.65. The van der Waals surface area contributed by atoms with E-state index in [-0.39, 0.29) is 18.2 Å². The first kappa shape index (κ1) is 31.8. The Bertz CT molecular complexity index is 421. The lowest BCUT2D eigenvalue weighted by molar-refractivity contribution is -0.140. The maximum Gasteiger partial charge on any atom is 0.321 e. The van der Waals surface area contributed by atoms with Gasteiger partial charge in [0.25, 0.3) is 0 Å². The van der Waals surface area contributed by atoms with Gasteiger partial charge in [0.15, 0.2) is 0 Å². The fourth-order valence-corrected chi connectivity index (χ4v) is 0.519. The molecule has 0 heterocycles. The van der Waals surface area contributed by atoms with E-state index in [0.29, 0.717) is 0 Å². The molecule has 0 unspecified atom stereocenters. The first-order chi connectivity index (χ1) is 11.6. The molecule has 0 aromatic heterocycles. The van der Waals surface area contributed by atoms with Gasteiger partial charge in [0.05, 0.1) is 6.54 Å². The third-order valence-electron chi connectivity index (χ3n) is 2.08. The van der Waals surface area contributed by atoms with Gasteiger partial charge < -0.3 is 43.4 Å². The second-order valence-electron chi connectivity index (χ2n) is 4.96. The van der Waals surface area contributed by atoms with Gasteiger partial charge in [0, 0.05) is 5.75 Å². The van der Waals surface area contributed by atoms with Crippen molar-refractivity contribution in [2.24, 2.45) is 28.9 Å². The Hall–Kier alpha value is -1.93. The van der Waals surface area contributed by atoms with Crippen LogP contribution in [0.5, 0.6) is 0 Å². The van der Waals surface area contributed by atoms with Gasteiger partial charge in [-0.25, -0.2) is 0 Å². The van der Waals surface area contributed by atoms with Crippen LogP contribution < -0.4 is 22.9 Å². The molecule has 0 saturated carbocycles. The van der Waals surface area contributed by atoms with Crippen LogP contribution in [0.25, 0.3) is 0 Å². The Balaban J connectivity index is -0.000000126. The second-order valence-corrected chi connectivity index (χ2v) is 5.33. The molecule has 12 N–H and O–H groups in total. The van der Waals surface area contributed by atoms with E-state index in [1.54, 1.807) is 13.8 Å². The fourth-order valence-electron chi connectivity index (χ4n) is 0.363. The van der Waals surface area contributed by atoms with Crippen LogP contribution in [0.15, 0.2) is 0 Å². The molecule has 3 atom stereocenters. The summed E-state index contributed by atoms with van der Waals surface area (Å²) in [5, 5.41) is 31.7. The topological polar surface area (TPSA) is 253 Å². The fraction of sp³-hybridized carbons (Fsp3) is 0.692. The summed E-state index contributed by atoms with van der Waals surface area (Å²) in [5.41, 5.74) is 19.5. The zero-order chi connectivity index (χ0) is 22.0. The lowest BCUT2D eigenvalue weighted by Gasteiger charge is -2.07. The van der Waals surface area contributed by atoms with Crippen LogP contribution in [0.4, 0.5) is 0 Å². The normalized spacial score (nSPS) is 12.5. The molecule has 0 aromatic carbocycles. The maximum atomic E-state index is 10.0. The zero-order valence-electron chi connectivity index (χ0n) is 14.9. The van der Waals surface area contributed by atoms with Crippen LogP contribution in [0.3, 0.4) is 0 Å². The number of carboxylic acids is 4. The van der Waals surface area contributed by atoms with Crippen molar-refractivity contribution in [2.45, 2.75) is 38.9 Å². The van der Waals surface area contributed by atoms with E-state index in [1.807, 2.05) is 0 Å². The third-order valence-corrected chi connectivity index (χ3v) is 2.47. The minimum absolute atomic E-state index is 0.0208. The lowest BCUT2D eigenvalue weighted by atomic mass is 10.1. The van der Waals surface area contributed by atoms with E-state index in [0.717, 1.165) is 0 Å². The highest BCUT2D eigenvalue weighted by Crippen LogP contribution is 1.96. The van der Waals surface area contributed by atoms with Crippen LogP contribution in [-0.4, -0.2) is 74.7 Å². The number of rotatable bonds is 6. The highest BCUT2D eigenvalue weighted by Gasteiger charge is 2.14. The maximum absolute atomic E-state index is 10.0. The van der Waals surface area contributed by atoms with Crippen molar-refractivity contribution in [3.63, 3.8) is 0 Å². The molecule has 12 nitrogen and oxygen atoms in total. The zero-order valence-corrected chi connectivity index (χ0v) is 15.8. The van der Waals surface area contributed by atoms with Gasteiger partial charge >= 0.3 is 23.9 Å². The number of carbonyl (C=O) groups is 4. The molecule has 0 aliphatic carbocycles.